The standard InChI is InChI=1S/C10H22O3/c1-4-5-6-12-10(3)8-13-9(2)7-11/h9-11H,4-8H2,1-3H3/t9-,10+/m0/s1. The molecule has 0 fully saturated rings. The molecule has 3 nitrogen and oxygen atoms in total. The van der Waals surface area contributed by atoms with Gasteiger partial charge in [-0.1, -0.05) is 13.3 Å². The van der Waals surface area contributed by atoms with E-state index in [0.29, 0.717) is 6.61 Å². The molecule has 0 aromatic carbocycles. The summed E-state index contributed by atoms with van der Waals surface area (Å²) in [6.07, 6.45) is 2.29. The predicted octanol–water partition coefficient (Wildman–Crippen LogP) is 1.59. The first-order valence-electron chi connectivity index (χ1n) is 5.04. The van der Waals surface area contributed by atoms with Gasteiger partial charge in [-0.15, -0.1) is 0 Å². The van der Waals surface area contributed by atoms with E-state index < -0.39 is 0 Å². The van der Waals surface area contributed by atoms with Crippen LogP contribution < -0.4 is 0 Å². The van der Waals surface area contributed by atoms with Crippen molar-refractivity contribution < 1.29 is 14.6 Å². The molecule has 0 aromatic heterocycles. The molecule has 80 valence electrons. The lowest BCUT2D eigenvalue weighted by molar-refractivity contribution is -0.0457. The summed E-state index contributed by atoms with van der Waals surface area (Å²) in [6.45, 7) is 7.40. The fourth-order valence-corrected chi connectivity index (χ4v) is 0.829. The highest BCUT2D eigenvalue weighted by Crippen LogP contribution is 1.98. The average molecular weight is 190 g/mol. The zero-order chi connectivity index (χ0) is 10.1. The zero-order valence-corrected chi connectivity index (χ0v) is 8.95. The lowest BCUT2D eigenvalue weighted by atomic mass is 10.3. The summed E-state index contributed by atoms with van der Waals surface area (Å²) >= 11 is 0. The average Bonchev–Trinajstić information content (AvgIpc) is 2.14. The van der Waals surface area contributed by atoms with Crippen LogP contribution in [0.4, 0.5) is 0 Å². The van der Waals surface area contributed by atoms with Crippen LogP contribution in [0.1, 0.15) is 33.6 Å². The largest absolute Gasteiger partial charge is 0.394 e. The topological polar surface area (TPSA) is 38.7 Å². The summed E-state index contributed by atoms with van der Waals surface area (Å²) in [5.74, 6) is 0. The van der Waals surface area contributed by atoms with Crippen LogP contribution >= 0.6 is 0 Å². The van der Waals surface area contributed by atoms with Gasteiger partial charge in [0, 0.05) is 6.61 Å². The van der Waals surface area contributed by atoms with Crippen LogP contribution in [0.2, 0.25) is 0 Å². The molecule has 0 saturated heterocycles. The highest BCUT2D eigenvalue weighted by Gasteiger charge is 2.05. The molecular weight excluding hydrogens is 168 g/mol. The van der Waals surface area contributed by atoms with Crippen LogP contribution in [0.15, 0.2) is 0 Å². The van der Waals surface area contributed by atoms with Crippen molar-refractivity contribution in [3.63, 3.8) is 0 Å². The summed E-state index contributed by atoms with van der Waals surface area (Å²) in [5.41, 5.74) is 0. The summed E-state index contributed by atoms with van der Waals surface area (Å²) in [5, 5.41) is 8.70. The third-order valence-electron chi connectivity index (χ3n) is 1.77. The maximum Gasteiger partial charge on any atom is 0.0780 e. The highest BCUT2D eigenvalue weighted by atomic mass is 16.5. The second-order valence-electron chi connectivity index (χ2n) is 3.36. The van der Waals surface area contributed by atoms with Crippen LogP contribution in [0.5, 0.6) is 0 Å². The number of hydrogen-bond acceptors (Lipinski definition) is 3. The molecule has 0 heterocycles. The number of hydrogen-bond donors (Lipinski definition) is 1. The number of unbranched alkanes of at least 4 members (excludes halogenated alkanes) is 1. The minimum absolute atomic E-state index is 0.0711. The Hall–Kier alpha value is -0.120. The van der Waals surface area contributed by atoms with Gasteiger partial charge in [-0.25, -0.2) is 0 Å². The molecule has 1 N–H and O–H groups in total. The van der Waals surface area contributed by atoms with Crippen molar-refractivity contribution in [1.29, 1.82) is 0 Å². The Bertz CT molecular complexity index is 106. The molecule has 0 aliphatic heterocycles. The smallest absolute Gasteiger partial charge is 0.0780 e. The van der Waals surface area contributed by atoms with Gasteiger partial charge in [-0.3, -0.25) is 0 Å². The first kappa shape index (κ1) is 12.9. The molecule has 0 aliphatic carbocycles. The Kier molecular flexibility index (Phi) is 8.40. The van der Waals surface area contributed by atoms with Gasteiger partial charge in [0.25, 0.3) is 0 Å². The second kappa shape index (κ2) is 8.48. The SMILES string of the molecule is CCCCO[C@H](C)CO[C@@H](C)CO. The highest BCUT2D eigenvalue weighted by molar-refractivity contribution is 4.51. The van der Waals surface area contributed by atoms with Crippen LogP contribution in [0, 0.1) is 0 Å². The molecule has 0 rings (SSSR count). The molecule has 0 aromatic rings. The van der Waals surface area contributed by atoms with E-state index in [4.69, 9.17) is 14.6 Å². The van der Waals surface area contributed by atoms with Gasteiger partial charge in [-0.05, 0) is 20.3 Å². The van der Waals surface area contributed by atoms with Gasteiger partial charge in [0.2, 0.25) is 0 Å². The molecule has 0 radical (unpaired) electrons. The van der Waals surface area contributed by atoms with Crippen molar-refractivity contribution in [2.24, 2.45) is 0 Å². The molecule has 0 saturated carbocycles. The molecule has 3 heteroatoms. The van der Waals surface area contributed by atoms with E-state index >= 15 is 0 Å². The Morgan fingerprint density at radius 3 is 2.38 bits per heavy atom. The normalized spacial score (nSPS) is 15.7. The Morgan fingerprint density at radius 2 is 1.85 bits per heavy atom. The molecule has 0 bridgehead atoms. The van der Waals surface area contributed by atoms with E-state index in [9.17, 15) is 0 Å². The second-order valence-corrected chi connectivity index (χ2v) is 3.36. The third kappa shape index (κ3) is 8.22. The van der Waals surface area contributed by atoms with Crippen LogP contribution in [-0.4, -0.2) is 37.1 Å². The van der Waals surface area contributed by atoms with Crippen LogP contribution in [0.25, 0.3) is 0 Å². The summed E-state index contributed by atoms with van der Waals surface area (Å²) < 4.78 is 10.8. The Morgan fingerprint density at radius 1 is 1.15 bits per heavy atom. The molecule has 2 atom stereocenters. The maximum atomic E-state index is 8.70. The molecule has 0 unspecified atom stereocenters. The molecule has 0 amide bonds. The van der Waals surface area contributed by atoms with Gasteiger partial charge in [-0.2, -0.15) is 0 Å². The van der Waals surface area contributed by atoms with Crippen molar-refractivity contribution >= 4 is 0 Å². The van der Waals surface area contributed by atoms with E-state index in [0.717, 1.165) is 19.4 Å². The van der Waals surface area contributed by atoms with E-state index in [-0.39, 0.29) is 18.8 Å². The van der Waals surface area contributed by atoms with Gasteiger partial charge >= 0.3 is 0 Å². The molecule has 13 heavy (non-hydrogen) atoms. The van der Waals surface area contributed by atoms with Gasteiger partial charge in [0.15, 0.2) is 0 Å². The molecule has 0 aliphatic rings. The maximum absolute atomic E-state index is 8.70. The van der Waals surface area contributed by atoms with Crippen molar-refractivity contribution in [3.8, 4) is 0 Å². The molecular formula is C10H22O3. The van der Waals surface area contributed by atoms with Crippen LogP contribution in [-0.2, 0) is 9.47 Å². The lowest BCUT2D eigenvalue weighted by Crippen LogP contribution is -2.22. The van der Waals surface area contributed by atoms with Gasteiger partial charge < -0.3 is 14.6 Å². The predicted molar refractivity (Wildman–Crippen MR) is 52.8 cm³/mol. The van der Waals surface area contributed by atoms with E-state index in [2.05, 4.69) is 6.92 Å². The van der Waals surface area contributed by atoms with Crippen molar-refractivity contribution in [3.05, 3.63) is 0 Å². The van der Waals surface area contributed by atoms with E-state index in [1.54, 1.807) is 0 Å². The first-order valence-corrected chi connectivity index (χ1v) is 5.04. The van der Waals surface area contributed by atoms with Crippen molar-refractivity contribution in [2.75, 3.05) is 19.8 Å². The Balaban J connectivity index is 3.24. The fraction of sp³-hybridized carbons (Fsp3) is 1.00. The number of aliphatic hydroxyl groups is 1. The fourth-order valence-electron chi connectivity index (χ4n) is 0.829. The van der Waals surface area contributed by atoms with Crippen molar-refractivity contribution in [2.45, 2.75) is 45.8 Å². The molecule has 0 spiro atoms. The lowest BCUT2D eigenvalue weighted by Gasteiger charge is -2.15. The minimum Gasteiger partial charge on any atom is -0.394 e. The third-order valence-corrected chi connectivity index (χ3v) is 1.77. The summed E-state index contributed by atoms with van der Waals surface area (Å²) in [4.78, 5) is 0. The minimum atomic E-state index is -0.0859. The van der Waals surface area contributed by atoms with E-state index in [1.165, 1.54) is 0 Å². The Labute approximate surface area is 81.0 Å². The van der Waals surface area contributed by atoms with Gasteiger partial charge in [0.1, 0.15) is 0 Å². The first-order chi connectivity index (χ1) is 6.20. The monoisotopic (exact) mass is 190 g/mol. The quantitative estimate of drug-likeness (QED) is 0.591. The number of rotatable bonds is 8. The summed E-state index contributed by atoms with van der Waals surface area (Å²) in [6, 6.07) is 0. The number of ether oxygens (including phenoxy) is 2. The van der Waals surface area contributed by atoms with E-state index in [1.807, 2.05) is 13.8 Å². The van der Waals surface area contributed by atoms with Crippen LogP contribution in [0.3, 0.4) is 0 Å². The van der Waals surface area contributed by atoms with Crippen molar-refractivity contribution in [1.82, 2.24) is 0 Å². The number of aliphatic hydroxyl groups excluding tert-OH is 1. The zero-order valence-electron chi connectivity index (χ0n) is 8.95. The van der Waals surface area contributed by atoms with Gasteiger partial charge in [0.05, 0.1) is 25.4 Å². The summed E-state index contributed by atoms with van der Waals surface area (Å²) in [7, 11) is 0.